The summed E-state index contributed by atoms with van der Waals surface area (Å²) in [5.74, 6) is 0.178. The molecule has 3 nitrogen and oxygen atoms in total. The lowest BCUT2D eigenvalue weighted by atomic mass is 10.1. The fourth-order valence-corrected chi connectivity index (χ4v) is 2.44. The smallest absolute Gasteiger partial charge is 0.223 e. The SMILES string of the molecule is CC(C)CC(=O)N(CCc1ccccc1F)Cc1cccnc1. The third kappa shape index (κ3) is 5.47. The molecule has 0 saturated carbocycles. The van der Waals surface area contributed by atoms with E-state index >= 15 is 0 Å². The van der Waals surface area contributed by atoms with Crippen LogP contribution in [0.25, 0.3) is 0 Å². The van der Waals surface area contributed by atoms with E-state index in [2.05, 4.69) is 4.98 Å². The number of nitrogens with zero attached hydrogens (tertiary/aromatic N) is 2. The summed E-state index contributed by atoms with van der Waals surface area (Å²) in [5, 5.41) is 0. The van der Waals surface area contributed by atoms with Crippen molar-refractivity contribution in [1.29, 1.82) is 0 Å². The summed E-state index contributed by atoms with van der Waals surface area (Å²) >= 11 is 0. The van der Waals surface area contributed by atoms with Crippen molar-refractivity contribution in [3.63, 3.8) is 0 Å². The van der Waals surface area contributed by atoms with Crippen LogP contribution in [0.5, 0.6) is 0 Å². The van der Waals surface area contributed by atoms with Gasteiger partial charge < -0.3 is 4.90 Å². The lowest BCUT2D eigenvalue weighted by molar-refractivity contribution is -0.132. The van der Waals surface area contributed by atoms with Crippen LogP contribution in [0.2, 0.25) is 0 Å². The molecule has 0 unspecified atom stereocenters. The van der Waals surface area contributed by atoms with Crippen molar-refractivity contribution in [1.82, 2.24) is 9.88 Å². The van der Waals surface area contributed by atoms with Crippen LogP contribution in [0.15, 0.2) is 48.8 Å². The highest BCUT2D eigenvalue weighted by molar-refractivity contribution is 5.76. The second kappa shape index (κ2) is 8.42. The average molecular weight is 314 g/mol. The topological polar surface area (TPSA) is 33.2 Å². The number of halogens is 1. The number of aromatic nitrogens is 1. The Bertz CT molecular complexity index is 628. The second-order valence-corrected chi connectivity index (χ2v) is 6.12. The van der Waals surface area contributed by atoms with Gasteiger partial charge in [0.25, 0.3) is 0 Å². The van der Waals surface area contributed by atoms with E-state index in [9.17, 15) is 9.18 Å². The number of rotatable bonds is 7. The third-order valence-corrected chi connectivity index (χ3v) is 3.64. The van der Waals surface area contributed by atoms with Crippen molar-refractivity contribution in [3.05, 3.63) is 65.7 Å². The number of hydrogen-bond donors (Lipinski definition) is 0. The summed E-state index contributed by atoms with van der Waals surface area (Å²) in [6, 6.07) is 10.5. The number of carbonyl (C=O) groups excluding carboxylic acids is 1. The highest BCUT2D eigenvalue weighted by Gasteiger charge is 2.16. The number of pyridine rings is 1. The molecule has 23 heavy (non-hydrogen) atoms. The molecule has 0 spiro atoms. The van der Waals surface area contributed by atoms with Crippen molar-refractivity contribution >= 4 is 5.91 Å². The fourth-order valence-electron chi connectivity index (χ4n) is 2.44. The maximum atomic E-state index is 13.8. The van der Waals surface area contributed by atoms with Gasteiger partial charge in [-0.2, -0.15) is 0 Å². The molecule has 2 aromatic rings. The van der Waals surface area contributed by atoms with E-state index in [0.29, 0.717) is 37.4 Å². The molecule has 0 aliphatic carbocycles. The van der Waals surface area contributed by atoms with Crippen molar-refractivity contribution < 1.29 is 9.18 Å². The van der Waals surface area contributed by atoms with E-state index in [0.717, 1.165) is 5.56 Å². The molecule has 1 amide bonds. The molecule has 0 fully saturated rings. The first-order valence-electron chi connectivity index (χ1n) is 7.96. The Morgan fingerprint density at radius 1 is 1.22 bits per heavy atom. The predicted octanol–water partition coefficient (Wildman–Crippen LogP) is 3.84. The maximum absolute atomic E-state index is 13.8. The monoisotopic (exact) mass is 314 g/mol. The third-order valence-electron chi connectivity index (χ3n) is 3.64. The maximum Gasteiger partial charge on any atom is 0.223 e. The van der Waals surface area contributed by atoms with Crippen LogP contribution in [0, 0.1) is 11.7 Å². The fraction of sp³-hybridized carbons (Fsp3) is 0.368. The zero-order valence-corrected chi connectivity index (χ0v) is 13.7. The predicted molar refractivity (Wildman–Crippen MR) is 89.2 cm³/mol. The van der Waals surface area contributed by atoms with Crippen molar-refractivity contribution in [3.8, 4) is 0 Å². The van der Waals surface area contributed by atoms with Gasteiger partial charge in [-0.3, -0.25) is 9.78 Å². The van der Waals surface area contributed by atoms with Gasteiger partial charge in [-0.1, -0.05) is 38.1 Å². The number of carbonyl (C=O) groups is 1. The van der Waals surface area contributed by atoms with Crippen LogP contribution in [-0.2, 0) is 17.8 Å². The molecule has 0 bridgehead atoms. The van der Waals surface area contributed by atoms with Gasteiger partial charge in [0.15, 0.2) is 0 Å². The van der Waals surface area contributed by atoms with Gasteiger partial charge in [0.1, 0.15) is 5.82 Å². The highest BCUT2D eigenvalue weighted by Crippen LogP contribution is 2.12. The molecule has 4 heteroatoms. The molecule has 0 aliphatic rings. The van der Waals surface area contributed by atoms with Gasteiger partial charge in [0.2, 0.25) is 5.91 Å². The van der Waals surface area contributed by atoms with E-state index < -0.39 is 0 Å². The lowest BCUT2D eigenvalue weighted by Crippen LogP contribution is -2.33. The summed E-state index contributed by atoms with van der Waals surface area (Å²) in [7, 11) is 0. The van der Waals surface area contributed by atoms with Crippen LogP contribution in [0.4, 0.5) is 4.39 Å². The first-order valence-corrected chi connectivity index (χ1v) is 7.96. The van der Waals surface area contributed by atoms with Gasteiger partial charge in [0.05, 0.1) is 0 Å². The van der Waals surface area contributed by atoms with Crippen molar-refractivity contribution in [2.45, 2.75) is 33.2 Å². The molecule has 0 radical (unpaired) electrons. The Labute approximate surface area is 137 Å². The lowest BCUT2D eigenvalue weighted by Gasteiger charge is -2.24. The molecular formula is C19H23FN2O. The largest absolute Gasteiger partial charge is 0.338 e. The number of benzene rings is 1. The average Bonchev–Trinajstić information content (AvgIpc) is 2.53. The molecule has 0 aliphatic heterocycles. The van der Waals surface area contributed by atoms with E-state index in [4.69, 9.17) is 0 Å². The minimum absolute atomic E-state index is 0.0974. The summed E-state index contributed by atoms with van der Waals surface area (Å²) in [6.07, 6.45) is 4.48. The first-order chi connectivity index (χ1) is 11.1. The molecule has 122 valence electrons. The van der Waals surface area contributed by atoms with E-state index in [1.54, 1.807) is 29.4 Å². The molecule has 0 saturated heterocycles. The van der Waals surface area contributed by atoms with Crippen LogP contribution in [0.1, 0.15) is 31.4 Å². The van der Waals surface area contributed by atoms with Gasteiger partial charge >= 0.3 is 0 Å². The van der Waals surface area contributed by atoms with E-state index in [1.165, 1.54) is 6.07 Å². The number of amides is 1. The molecule has 0 atom stereocenters. The van der Waals surface area contributed by atoms with E-state index in [1.807, 2.05) is 32.0 Å². The Balaban J connectivity index is 2.06. The molecule has 1 aromatic heterocycles. The highest BCUT2D eigenvalue weighted by atomic mass is 19.1. The van der Waals surface area contributed by atoms with Gasteiger partial charge in [-0.15, -0.1) is 0 Å². The quantitative estimate of drug-likeness (QED) is 0.778. The Morgan fingerprint density at radius 3 is 2.65 bits per heavy atom. The molecule has 1 aromatic carbocycles. The molecular weight excluding hydrogens is 291 g/mol. The Kier molecular flexibility index (Phi) is 6.27. The minimum atomic E-state index is -0.217. The summed E-state index contributed by atoms with van der Waals surface area (Å²) in [5.41, 5.74) is 1.62. The van der Waals surface area contributed by atoms with Crippen LogP contribution in [-0.4, -0.2) is 22.3 Å². The normalized spacial score (nSPS) is 10.8. The standard InChI is InChI=1S/C19H23FN2O/c1-15(2)12-19(23)22(14-16-6-5-10-21-13-16)11-9-17-7-3-4-8-18(17)20/h3-8,10,13,15H,9,11-12,14H2,1-2H3. The Hall–Kier alpha value is -2.23. The van der Waals surface area contributed by atoms with Crippen molar-refractivity contribution in [2.24, 2.45) is 5.92 Å². The molecule has 1 heterocycles. The van der Waals surface area contributed by atoms with E-state index in [-0.39, 0.29) is 11.7 Å². The summed E-state index contributed by atoms with van der Waals surface area (Å²) in [4.78, 5) is 18.4. The number of hydrogen-bond acceptors (Lipinski definition) is 2. The van der Waals surface area contributed by atoms with Crippen LogP contribution >= 0.6 is 0 Å². The van der Waals surface area contributed by atoms with Crippen LogP contribution in [0.3, 0.4) is 0 Å². The minimum Gasteiger partial charge on any atom is -0.338 e. The zero-order chi connectivity index (χ0) is 16.7. The summed E-state index contributed by atoms with van der Waals surface area (Å²) in [6.45, 7) is 5.06. The van der Waals surface area contributed by atoms with Crippen LogP contribution < -0.4 is 0 Å². The first kappa shape index (κ1) is 17.1. The zero-order valence-electron chi connectivity index (χ0n) is 13.7. The van der Waals surface area contributed by atoms with Gasteiger partial charge in [-0.05, 0) is 35.6 Å². The molecule has 2 rings (SSSR count). The van der Waals surface area contributed by atoms with Gasteiger partial charge in [0, 0.05) is 31.9 Å². The Morgan fingerprint density at radius 2 is 2.00 bits per heavy atom. The van der Waals surface area contributed by atoms with Gasteiger partial charge in [-0.25, -0.2) is 4.39 Å². The summed E-state index contributed by atoms with van der Waals surface area (Å²) < 4.78 is 13.8. The second-order valence-electron chi connectivity index (χ2n) is 6.12. The van der Waals surface area contributed by atoms with Crippen molar-refractivity contribution in [2.75, 3.05) is 6.54 Å². The molecule has 0 N–H and O–H groups in total.